The lowest BCUT2D eigenvalue weighted by molar-refractivity contribution is 0.304. The van der Waals surface area contributed by atoms with E-state index in [4.69, 9.17) is 16.3 Å². The van der Waals surface area contributed by atoms with Crippen molar-refractivity contribution in [1.29, 1.82) is 0 Å². The molecule has 0 unspecified atom stereocenters. The first-order valence-electron chi connectivity index (χ1n) is 7.65. The van der Waals surface area contributed by atoms with Gasteiger partial charge in [-0.2, -0.15) is 0 Å². The van der Waals surface area contributed by atoms with Gasteiger partial charge in [-0.25, -0.2) is 0 Å². The molecular weight excluding hydrogens is 386 g/mol. The van der Waals surface area contributed by atoms with Gasteiger partial charge in [0.15, 0.2) is 0 Å². The Labute approximate surface area is 155 Å². The summed E-state index contributed by atoms with van der Waals surface area (Å²) in [7, 11) is 0. The van der Waals surface area contributed by atoms with Gasteiger partial charge >= 0.3 is 0 Å². The van der Waals surface area contributed by atoms with Crippen LogP contribution in [0.4, 0.5) is 5.69 Å². The minimum absolute atomic E-state index is 0.557. The molecule has 0 aliphatic rings. The molecule has 1 N–H and O–H groups in total. The zero-order valence-electron chi connectivity index (χ0n) is 13.0. The molecule has 24 heavy (non-hydrogen) atoms. The first kappa shape index (κ1) is 16.9. The highest BCUT2D eigenvalue weighted by molar-refractivity contribution is 9.10. The number of ether oxygens (including phenoxy) is 1. The molecule has 0 amide bonds. The molecule has 0 spiro atoms. The fourth-order valence-electron chi connectivity index (χ4n) is 2.28. The highest BCUT2D eigenvalue weighted by Gasteiger charge is 2.04. The molecule has 0 aliphatic heterocycles. The third-order valence-corrected chi connectivity index (χ3v) is 4.45. The highest BCUT2D eigenvalue weighted by atomic mass is 79.9. The van der Waals surface area contributed by atoms with Gasteiger partial charge in [-0.1, -0.05) is 48.0 Å². The SMILES string of the molecule is Clc1ccc(NCc2ccc(OCc3ccccc3)c(Br)c2)cc1. The van der Waals surface area contributed by atoms with E-state index in [1.54, 1.807) is 0 Å². The van der Waals surface area contributed by atoms with Crippen molar-refractivity contribution in [3.8, 4) is 5.75 Å². The Hall–Kier alpha value is -1.97. The zero-order chi connectivity index (χ0) is 16.8. The van der Waals surface area contributed by atoms with Crippen LogP contribution in [0.15, 0.2) is 77.3 Å². The van der Waals surface area contributed by atoms with Crippen molar-refractivity contribution < 1.29 is 4.74 Å². The van der Waals surface area contributed by atoms with Crippen LogP contribution in [-0.4, -0.2) is 0 Å². The molecule has 0 heterocycles. The Kier molecular flexibility index (Phi) is 5.78. The molecule has 0 saturated carbocycles. The van der Waals surface area contributed by atoms with Crippen LogP contribution in [0.2, 0.25) is 5.02 Å². The third-order valence-electron chi connectivity index (χ3n) is 3.57. The summed E-state index contributed by atoms with van der Waals surface area (Å²) in [5.74, 6) is 0.842. The summed E-state index contributed by atoms with van der Waals surface area (Å²) in [6.07, 6.45) is 0. The van der Waals surface area contributed by atoms with Crippen LogP contribution in [0, 0.1) is 0 Å². The monoisotopic (exact) mass is 401 g/mol. The summed E-state index contributed by atoms with van der Waals surface area (Å²) in [4.78, 5) is 0. The molecule has 0 radical (unpaired) electrons. The van der Waals surface area contributed by atoms with Crippen LogP contribution < -0.4 is 10.1 Å². The van der Waals surface area contributed by atoms with Crippen LogP contribution in [0.3, 0.4) is 0 Å². The molecule has 3 aromatic rings. The van der Waals surface area contributed by atoms with Gasteiger partial charge in [0.25, 0.3) is 0 Å². The quantitative estimate of drug-likeness (QED) is 0.523. The minimum atomic E-state index is 0.557. The van der Waals surface area contributed by atoms with Gasteiger partial charge in [-0.3, -0.25) is 0 Å². The van der Waals surface area contributed by atoms with Crippen molar-refractivity contribution in [3.05, 3.63) is 93.4 Å². The number of hydrogen-bond acceptors (Lipinski definition) is 2. The average Bonchev–Trinajstić information content (AvgIpc) is 2.61. The van der Waals surface area contributed by atoms with Crippen molar-refractivity contribution in [2.75, 3.05) is 5.32 Å². The van der Waals surface area contributed by atoms with E-state index in [0.29, 0.717) is 6.61 Å². The Bertz CT molecular complexity index is 790. The van der Waals surface area contributed by atoms with E-state index in [1.807, 2.05) is 48.5 Å². The molecule has 0 atom stereocenters. The predicted molar refractivity (Wildman–Crippen MR) is 104 cm³/mol. The second-order valence-corrected chi connectivity index (χ2v) is 6.69. The maximum atomic E-state index is 5.89. The molecule has 4 heteroatoms. The molecular formula is C20H17BrClNO. The number of rotatable bonds is 6. The van der Waals surface area contributed by atoms with E-state index in [9.17, 15) is 0 Å². The van der Waals surface area contributed by atoms with Crippen molar-refractivity contribution in [3.63, 3.8) is 0 Å². The van der Waals surface area contributed by atoms with E-state index in [2.05, 4.69) is 45.5 Å². The van der Waals surface area contributed by atoms with Crippen molar-refractivity contribution in [1.82, 2.24) is 0 Å². The minimum Gasteiger partial charge on any atom is -0.488 e. The molecule has 0 aromatic heterocycles. The molecule has 3 aromatic carbocycles. The van der Waals surface area contributed by atoms with Gasteiger partial charge in [0.2, 0.25) is 0 Å². The number of benzene rings is 3. The van der Waals surface area contributed by atoms with Crippen LogP contribution in [0.25, 0.3) is 0 Å². The lowest BCUT2D eigenvalue weighted by atomic mass is 10.2. The van der Waals surface area contributed by atoms with Gasteiger partial charge in [-0.15, -0.1) is 0 Å². The maximum Gasteiger partial charge on any atom is 0.134 e. The van der Waals surface area contributed by atoms with Gasteiger partial charge in [0.05, 0.1) is 4.47 Å². The summed E-state index contributed by atoms with van der Waals surface area (Å²) in [5, 5.41) is 4.11. The Morgan fingerprint density at radius 3 is 2.33 bits per heavy atom. The summed E-state index contributed by atoms with van der Waals surface area (Å²) >= 11 is 9.48. The number of anilines is 1. The third kappa shape index (κ3) is 4.76. The standard InChI is InChI=1S/C20H17BrClNO/c21-19-12-16(13-23-18-9-7-17(22)8-10-18)6-11-20(19)24-14-15-4-2-1-3-5-15/h1-12,23H,13-14H2. The molecule has 3 rings (SSSR count). The second kappa shape index (κ2) is 8.22. The molecule has 2 nitrogen and oxygen atoms in total. The second-order valence-electron chi connectivity index (χ2n) is 5.40. The Morgan fingerprint density at radius 1 is 0.875 bits per heavy atom. The Balaban J connectivity index is 1.58. The largest absolute Gasteiger partial charge is 0.488 e. The summed E-state index contributed by atoms with van der Waals surface area (Å²) in [6, 6.07) is 23.9. The van der Waals surface area contributed by atoms with E-state index in [1.165, 1.54) is 5.56 Å². The molecule has 122 valence electrons. The van der Waals surface area contributed by atoms with E-state index < -0.39 is 0 Å². The fourth-order valence-corrected chi connectivity index (χ4v) is 2.95. The maximum absolute atomic E-state index is 5.89. The molecule has 0 bridgehead atoms. The van der Waals surface area contributed by atoms with Crippen molar-refractivity contribution in [2.24, 2.45) is 0 Å². The summed E-state index contributed by atoms with van der Waals surface area (Å²) < 4.78 is 6.82. The van der Waals surface area contributed by atoms with Crippen LogP contribution in [0.1, 0.15) is 11.1 Å². The fraction of sp³-hybridized carbons (Fsp3) is 0.100. The molecule has 0 aliphatic carbocycles. The zero-order valence-corrected chi connectivity index (χ0v) is 15.3. The van der Waals surface area contributed by atoms with Crippen LogP contribution >= 0.6 is 27.5 Å². The molecule has 0 saturated heterocycles. The van der Waals surface area contributed by atoms with Crippen molar-refractivity contribution in [2.45, 2.75) is 13.2 Å². The first-order chi connectivity index (χ1) is 11.7. The number of nitrogens with one attached hydrogen (secondary N) is 1. The normalized spacial score (nSPS) is 10.4. The number of halogens is 2. The summed E-state index contributed by atoms with van der Waals surface area (Å²) in [6.45, 7) is 1.29. The predicted octanol–water partition coefficient (Wildman–Crippen LogP) is 6.29. The van der Waals surface area contributed by atoms with Gasteiger partial charge < -0.3 is 10.1 Å². The lowest BCUT2D eigenvalue weighted by Crippen LogP contribution is -2.00. The smallest absolute Gasteiger partial charge is 0.134 e. The lowest BCUT2D eigenvalue weighted by Gasteiger charge is -2.11. The van der Waals surface area contributed by atoms with E-state index in [-0.39, 0.29) is 0 Å². The number of hydrogen-bond donors (Lipinski definition) is 1. The van der Waals surface area contributed by atoms with Crippen LogP contribution in [0.5, 0.6) is 5.75 Å². The van der Waals surface area contributed by atoms with E-state index in [0.717, 1.165) is 33.0 Å². The Morgan fingerprint density at radius 2 is 1.62 bits per heavy atom. The van der Waals surface area contributed by atoms with Gasteiger partial charge in [0.1, 0.15) is 12.4 Å². The summed E-state index contributed by atoms with van der Waals surface area (Å²) in [5.41, 5.74) is 3.36. The van der Waals surface area contributed by atoms with Crippen LogP contribution in [-0.2, 0) is 13.2 Å². The van der Waals surface area contributed by atoms with Gasteiger partial charge in [-0.05, 0) is 63.5 Å². The topological polar surface area (TPSA) is 21.3 Å². The molecule has 0 fully saturated rings. The van der Waals surface area contributed by atoms with E-state index >= 15 is 0 Å². The highest BCUT2D eigenvalue weighted by Crippen LogP contribution is 2.27. The average molecular weight is 403 g/mol. The van der Waals surface area contributed by atoms with Crippen molar-refractivity contribution >= 4 is 33.2 Å². The van der Waals surface area contributed by atoms with Gasteiger partial charge in [0, 0.05) is 17.3 Å². The first-order valence-corrected chi connectivity index (χ1v) is 8.82.